The fourth-order valence-corrected chi connectivity index (χ4v) is 4.32. The molecule has 0 N–H and O–H groups in total. The average molecular weight is 607 g/mol. The second-order valence-corrected chi connectivity index (χ2v) is 10.0. The number of piperidine rings is 1. The lowest BCUT2D eigenvalue weighted by atomic mass is 9.93. The van der Waals surface area contributed by atoms with Crippen LogP contribution in [-0.4, -0.2) is 61.8 Å². The molecule has 226 valence electrons. The number of ether oxygens (including phenoxy) is 1. The third-order valence-electron chi connectivity index (χ3n) is 6.49. The second kappa shape index (κ2) is 12.8. The van der Waals surface area contributed by atoms with E-state index in [1.165, 1.54) is 24.3 Å². The molecule has 0 unspecified atom stereocenters. The third kappa shape index (κ3) is 7.69. The molecule has 1 aliphatic rings. The van der Waals surface area contributed by atoms with E-state index in [0.717, 1.165) is 41.3 Å². The van der Waals surface area contributed by atoms with Crippen molar-refractivity contribution < 1.29 is 45.1 Å². The number of carbonyl (C=O) groups is 2. The number of likely N-dealkylation sites (tertiary alicyclic amines) is 1. The predicted molar refractivity (Wildman–Crippen MR) is 145 cm³/mol. The van der Waals surface area contributed by atoms with Crippen molar-refractivity contribution in [1.29, 1.82) is 0 Å². The molecule has 1 heterocycles. The molecule has 0 bridgehead atoms. The van der Waals surface area contributed by atoms with Gasteiger partial charge in [-0.15, -0.1) is 0 Å². The number of alkyl halides is 3. The normalized spacial score (nSPS) is 16.0. The standard InChI is InChI=1S/C31H25F7N2O3/c1-39(2)9-10-43-28-8-5-20(15-23(28)31(36,37)38)30(42)40-16-21(11-18-3-6-24(32)26(34)13-18)29(41)22(17-40)12-19-4-7-25(33)27(35)14-19/h3-8,11-15H,9-10,16-17H2,1-2H3/b21-11+,22-12+. The van der Waals surface area contributed by atoms with Crippen LogP contribution in [0.2, 0.25) is 0 Å². The SMILES string of the molecule is CN(C)CCOc1ccc(C(=O)N2C/C(=C\c3ccc(F)c(F)c3)C(=O)/C(=C/c3ccc(F)c(F)c3)C2)cc1C(F)(F)F. The number of likely N-dealkylation sites (N-methyl/N-ethyl adjacent to an activating group) is 1. The Morgan fingerprint density at radius 2 is 1.37 bits per heavy atom. The molecule has 1 fully saturated rings. The first-order chi connectivity index (χ1) is 20.2. The number of ketones is 1. The number of benzene rings is 3. The van der Waals surface area contributed by atoms with Crippen molar-refractivity contribution in [2.75, 3.05) is 40.3 Å². The van der Waals surface area contributed by atoms with E-state index in [1.807, 2.05) is 0 Å². The Morgan fingerprint density at radius 3 is 1.84 bits per heavy atom. The first-order valence-electron chi connectivity index (χ1n) is 12.9. The number of nitrogens with zero attached hydrogens (tertiary/aromatic N) is 2. The summed E-state index contributed by atoms with van der Waals surface area (Å²) in [5.74, 6) is -6.57. The molecule has 0 aliphatic carbocycles. The predicted octanol–water partition coefficient (Wildman–Crippen LogP) is 6.39. The molecule has 43 heavy (non-hydrogen) atoms. The minimum atomic E-state index is -4.85. The van der Waals surface area contributed by atoms with Crippen molar-refractivity contribution in [3.05, 3.63) is 111 Å². The minimum absolute atomic E-state index is 0.0339. The summed E-state index contributed by atoms with van der Waals surface area (Å²) >= 11 is 0. The fraction of sp³-hybridized carbons (Fsp3) is 0.226. The molecule has 0 atom stereocenters. The van der Waals surface area contributed by atoms with Crippen LogP contribution in [0.3, 0.4) is 0 Å². The lowest BCUT2D eigenvalue weighted by Gasteiger charge is -2.30. The Hall–Kier alpha value is -4.45. The van der Waals surface area contributed by atoms with E-state index in [2.05, 4.69) is 0 Å². The number of halogens is 7. The Balaban J connectivity index is 1.73. The van der Waals surface area contributed by atoms with Crippen LogP contribution in [-0.2, 0) is 11.0 Å². The third-order valence-corrected chi connectivity index (χ3v) is 6.49. The summed E-state index contributed by atoms with van der Waals surface area (Å²) in [5, 5.41) is 0. The van der Waals surface area contributed by atoms with Gasteiger partial charge in [-0.25, -0.2) is 17.6 Å². The quantitative estimate of drug-likeness (QED) is 0.231. The zero-order chi connectivity index (χ0) is 31.5. The maximum atomic E-state index is 13.9. The van der Waals surface area contributed by atoms with Crippen molar-refractivity contribution in [3.63, 3.8) is 0 Å². The maximum absolute atomic E-state index is 13.9. The van der Waals surface area contributed by atoms with Gasteiger partial charge < -0.3 is 14.5 Å². The van der Waals surface area contributed by atoms with Gasteiger partial charge in [0.05, 0.1) is 18.7 Å². The molecule has 5 nitrogen and oxygen atoms in total. The van der Waals surface area contributed by atoms with Gasteiger partial charge in [0.25, 0.3) is 5.91 Å². The summed E-state index contributed by atoms with van der Waals surface area (Å²) in [4.78, 5) is 29.7. The van der Waals surface area contributed by atoms with Crippen molar-refractivity contribution in [1.82, 2.24) is 9.80 Å². The highest BCUT2D eigenvalue weighted by Crippen LogP contribution is 2.37. The molecule has 0 spiro atoms. The molecule has 0 aromatic heterocycles. The van der Waals surface area contributed by atoms with Crippen molar-refractivity contribution in [2.24, 2.45) is 0 Å². The number of amides is 1. The fourth-order valence-electron chi connectivity index (χ4n) is 4.32. The molecular formula is C31H25F7N2O3. The Labute approximate surface area is 242 Å². The Kier molecular flexibility index (Phi) is 9.39. The summed E-state index contributed by atoms with van der Waals surface area (Å²) in [5.41, 5.74) is -1.48. The van der Waals surface area contributed by atoms with E-state index in [0.29, 0.717) is 12.6 Å². The van der Waals surface area contributed by atoms with Gasteiger partial charge in [0, 0.05) is 23.3 Å². The highest BCUT2D eigenvalue weighted by Gasteiger charge is 2.36. The Morgan fingerprint density at radius 1 is 0.837 bits per heavy atom. The van der Waals surface area contributed by atoms with Gasteiger partial charge in [0.1, 0.15) is 12.4 Å². The first kappa shape index (κ1) is 31.5. The maximum Gasteiger partial charge on any atom is 0.419 e. The van der Waals surface area contributed by atoms with Crippen LogP contribution in [0.4, 0.5) is 30.7 Å². The average Bonchev–Trinajstić information content (AvgIpc) is 2.94. The van der Waals surface area contributed by atoms with Crippen LogP contribution >= 0.6 is 0 Å². The van der Waals surface area contributed by atoms with Gasteiger partial charge in [-0.3, -0.25) is 9.59 Å². The lowest BCUT2D eigenvalue weighted by molar-refractivity contribution is -0.139. The van der Waals surface area contributed by atoms with Crippen LogP contribution in [0.25, 0.3) is 12.2 Å². The second-order valence-electron chi connectivity index (χ2n) is 10.0. The van der Waals surface area contributed by atoms with Crippen LogP contribution in [0, 0.1) is 23.3 Å². The largest absolute Gasteiger partial charge is 0.492 e. The molecule has 4 rings (SSSR count). The zero-order valence-corrected chi connectivity index (χ0v) is 22.9. The topological polar surface area (TPSA) is 49.9 Å². The molecular weight excluding hydrogens is 581 g/mol. The van der Waals surface area contributed by atoms with Gasteiger partial charge in [0.15, 0.2) is 29.1 Å². The summed E-state index contributed by atoms with van der Waals surface area (Å²) in [6.45, 7) is -0.448. The van der Waals surface area contributed by atoms with E-state index in [9.17, 15) is 40.3 Å². The molecule has 12 heteroatoms. The van der Waals surface area contributed by atoms with Gasteiger partial charge in [-0.1, -0.05) is 12.1 Å². The molecule has 3 aromatic carbocycles. The minimum Gasteiger partial charge on any atom is -0.492 e. The van der Waals surface area contributed by atoms with Crippen LogP contribution < -0.4 is 4.74 Å². The van der Waals surface area contributed by atoms with Crippen molar-refractivity contribution in [2.45, 2.75) is 6.18 Å². The number of rotatable bonds is 7. The molecule has 1 aliphatic heterocycles. The van der Waals surface area contributed by atoms with E-state index in [-0.39, 0.29) is 47.5 Å². The van der Waals surface area contributed by atoms with E-state index in [1.54, 1.807) is 19.0 Å². The highest BCUT2D eigenvalue weighted by molar-refractivity contribution is 6.16. The summed E-state index contributed by atoms with van der Waals surface area (Å²) in [7, 11) is 3.45. The lowest BCUT2D eigenvalue weighted by Crippen LogP contribution is -2.41. The van der Waals surface area contributed by atoms with Gasteiger partial charge >= 0.3 is 6.18 Å². The smallest absolute Gasteiger partial charge is 0.419 e. The molecule has 0 saturated carbocycles. The number of Topliss-reactive ketones (excluding diaryl/α,β-unsaturated/α-hetero) is 1. The molecule has 0 radical (unpaired) electrons. The van der Waals surface area contributed by atoms with Crippen molar-refractivity contribution in [3.8, 4) is 5.75 Å². The first-order valence-corrected chi connectivity index (χ1v) is 12.9. The highest BCUT2D eigenvalue weighted by atomic mass is 19.4. The summed E-state index contributed by atoms with van der Waals surface area (Å²) < 4.78 is 102. The van der Waals surface area contributed by atoms with E-state index in [4.69, 9.17) is 4.74 Å². The van der Waals surface area contributed by atoms with Gasteiger partial charge in [-0.05, 0) is 79.8 Å². The monoisotopic (exact) mass is 606 g/mol. The van der Waals surface area contributed by atoms with E-state index >= 15 is 0 Å². The number of carbonyl (C=O) groups excluding carboxylic acids is 2. The Bertz CT molecular complexity index is 1540. The van der Waals surface area contributed by atoms with E-state index < -0.39 is 52.4 Å². The number of hydrogen-bond acceptors (Lipinski definition) is 4. The van der Waals surface area contributed by atoms with Gasteiger partial charge in [0.2, 0.25) is 0 Å². The summed E-state index contributed by atoms with van der Waals surface area (Å²) in [6, 6.07) is 8.60. The zero-order valence-electron chi connectivity index (χ0n) is 22.9. The van der Waals surface area contributed by atoms with Crippen LogP contribution in [0.5, 0.6) is 5.75 Å². The van der Waals surface area contributed by atoms with Crippen LogP contribution in [0.15, 0.2) is 65.7 Å². The van der Waals surface area contributed by atoms with Crippen LogP contribution in [0.1, 0.15) is 27.0 Å². The summed E-state index contributed by atoms with van der Waals surface area (Å²) in [6.07, 6.45) is -2.42. The van der Waals surface area contributed by atoms with Crippen molar-refractivity contribution >= 4 is 23.8 Å². The number of hydrogen-bond donors (Lipinski definition) is 0. The molecule has 1 saturated heterocycles. The molecule has 3 aromatic rings. The van der Waals surface area contributed by atoms with Gasteiger partial charge in [-0.2, -0.15) is 13.2 Å². The molecule has 1 amide bonds.